The number of hydrazone groups is 1. The van der Waals surface area contributed by atoms with Gasteiger partial charge in [-0.05, 0) is 32.1 Å². The van der Waals surface area contributed by atoms with E-state index in [0.717, 1.165) is 11.3 Å². The maximum atomic E-state index is 12.6. The zero-order valence-corrected chi connectivity index (χ0v) is 16.2. The van der Waals surface area contributed by atoms with Crippen molar-refractivity contribution < 1.29 is 9.90 Å². The molecule has 0 aliphatic carbocycles. The Morgan fingerprint density at radius 1 is 1.33 bits per heavy atom. The Balaban J connectivity index is 1.91. The monoisotopic (exact) mass is 387 g/mol. The minimum Gasteiger partial charge on any atom is -0.389 e. The van der Waals surface area contributed by atoms with Crippen molar-refractivity contribution in [1.29, 1.82) is 0 Å². The molecule has 0 bridgehead atoms. The number of carbonyl (C=O) groups is 1. The number of nitrogens with one attached hydrogen (secondary N) is 1. The number of allylic oxidation sites excluding steroid dienone is 1. The van der Waals surface area contributed by atoms with Crippen molar-refractivity contribution in [2.45, 2.75) is 19.4 Å². The number of carbonyl (C=O) groups excluding carboxylic acids is 1. The molecule has 0 unspecified atom stereocenters. The average molecular weight is 388 g/mol. The second kappa shape index (κ2) is 7.54. The van der Waals surface area contributed by atoms with Crippen LogP contribution in [0.5, 0.6) is 0 Å². The van der Waals surface area contributed by atoms with Gasteiger partial charge in [-0.3, -0.25) is 14.5 Å². The van der Waals surface area contributed by atoms with Crippen molar-refractivity contribution >= 4 is 28.9 Å². The topological polar surface area (TPSA) is 82.8 Å². The zero-order valence-electron chi connectivity index (χ0n) is 15.5. The molecule has 0 atom stereocenters. The van der Waals surface area contributed by atoms with Crippen LogP contribution in [0.1, 0.15) is 19.4 Å². The van der Waals surface area contributed by atoms with E-state index in [4.69, 9.17) is 11.6 Å². The summed E-state index contributed by atoms with van der Waals surface area (Å²) in [5.74, 6) is -0.243. The van der Waals surface area contributed by atoms with E-state index in [0.29, 0.717) is 22.9 Å². The minimum absolute atomic E-state index is 0.156. The molecule has 0 radical (unpaired) electrons. The van der Waals surface area contributed by atoms with Crippen LogP contribution in [0, 0.1) is 0 Å². The number of aliphatic hydroxyl groups is 1. The third kappa shape index (κ3) is 4.96. The number of benzene rings is 1. The summed E-state index contributed by atoms with van der Waals surface area (Å²) in [4.78, 5) is 12.6. The summed E-state index contributed by atoms with van der Waals surface area (Å²) >= 11 is 5.98. The Kier molecular flexibility index (Phi) is 5.34. The molecule has 0 saturated heterocycles. The van der Waals surface area contributed by atoms with E-state index in [-0.39, 0.29) is 12.5 Å². The highest BCUT2D eigenvalue weighted by Crippen LogP contribution is 2.21. The van der Waals surface area contributed by atoms with Crippen molar-refractivity contribution in [2.75, 3.05) is 18.1 Å². The van der Waals surface area contributed by atoms with Crippen LogP contribution in [0.4, 0.5) is 5.69 Å². The van der Waals surface area contributed by atoms with Crippen molar-refractivity contribution in [1.82, 2.24) is 15.1 Å². The van der Waals surface area contributed by atoms with Gasteiger partial charge >= 0.3 is 0 Å². The van der Waals surface area contributed by atoms with Gasteiger partial charge in [0, 0.05) is 35.9 Å². The molecule has 1 aromatic carbocycles. The molecule has 2 N–H and O–H groups in total. The molecule has 1 amide bonds. The van der Waals surface area contributed by atoms with Gasteiger partial charge in [0.05, 0.1) is 29.7 Å². The van der Waals surface area contributed by atoms with E-state index in [1.54, 1.807) is 47.9 Å². The molecule has 0 fully saturated rings. The highest BCUT2D eigenvalue weighted by atomic mass is 35.5. The first-order chi connectivity index (χ1) is 12.7. The lowest BCUT2D eigenvalue weighted by atomic mass is 10.0. The van der Waals surface area contributed by atoms with Gasteiger partial charge in [0.15, 0.2) is 0 Å². The summed E-state index contributed by atoms with van der Waals surface area (Å²) in [6, 6.07) is 7.28. The highest BCUT2D eigenvalue weighted by molar-refractivity contribution is 6.30. The van der Waals surface area contributed by atoms with Crippen LogP contribution in [0.15, 0.2) is 53.4 Å². The molecule has 0 saturated carbocycles. The molecule has 1 aliphatic rings. The number of hydrogen-bond donors (Lipinski definition) is 2. The van der Waals surface area contributed by atoms with Gasteiger partial charge in [-0.15, -0.1) is 0 Å². The van der Waals surface area contributed by atoms with Gasteiger partial charge in [-0.1, -0.05) is 23.7 Å². The normalized spacial score (nSPS) is 14.6. The summed E-state index contributed by atoms with van der Waals surface area (Å²) in [7, 11) is 1.82. The number of amides is 1. The molecular weight excluding hydrogens is 366 g/mol. The van der Waals surface area contributed by atoms with Crippen molar-refractivity contribution in [3.8, 4) is 0 Å². The predicted octanol–water partition coefficient (Wildman–Crippen LogP) is 2.11. The van der Waals surface area contributed by atoms with Gasteiger partial charge in [0.2, 0.25) is 5.91 Å². The average Bonchev–Trinajstić information content (AvgIpc) is 3.06. The molecule has 2 heterocycles. The number of hydrogen-bond acceptors (Lipinski definition) is 5. The van der Waals surface area contributed by atoms with Crippen LogP contribution >= 0.6 is 11.6 Å². The third-order valence-corrected chi connectivity index (χ3v) is 4.21. The molecule has 1 aliphatic heterocycles. The molecule has 1 aromatic heterocycles. The summed E-state index contributed by atoms with van der Waals surface area (Å²) in [6.45, 7) is 3.75. The second-order valence-corrected chi connectivity index (χ2v) is 7.52. The van der Waals surface area contributed by atoms with Crippen molar-refractivity contribution in [3.63, 3.8) is 0 Å². The summed E-state index contributed by atoms with van der Waals surface area (Å²) in [6.07, 6.45) is 5.29. The van der Waals surface area contributed by atoms with E-state index in [9.17, 15) is 9.90 Å². The Morgan fingerprint density at radius 3 is 2.63 bits per heavy atom. The first-order valence-electron chi connectivity index (χ1n) is 8.53. The number of aryl methyl sites for hydroxylation is 1. The van der Waals surface area contributed by atoms with E-state index in [1.165, 1.54) is 0 Å². The fraction of sp³-hybridized carbons (Fsp3) is 0.316. The Bertz CT molecular complexity index is 894. The summed E-state index contributed by atoms with van der Waals surface area (Å²) in [5.41, 5.74) is 1.84. The van der Waals surface area contributed by atoms with Crippen molar-refractivity contribution in [3.05, 3.63) is 58.9 Å². The molecule has 3 rings (SSSR count). The van der Waals surface area contributed by atoms with Gasteiger partial charge in [0.1, 0.15) is 0 Å². The maximum Gasteiger partial charge on any atom is 0.249 e. The smallest absolute Gasteiger partial charge is 0.249 e. The SMILES string of the molecule is Cn1cc(N2CC(C(=O)NCC(C)(C)O)=CC(c3ccc(Cl)cc3)=N2)cn1. The predicted molar refractivity (Wildman–Crippen MR) is 106 cm³/mol. The number of nitrogens with zero attached hydrogens (tertiary/aromatic N) is 4. The van der Waals surface area contributed by atoms with E-state index >= 15 is 0 Å². The van der Waals surface area contributed by atoms with Crippen LogP contribution in [0.3, 0.4) is 0 Å². The Morgan fingerprint density at radius 2 is 2.04 bits per heavy atom. The number of halogens is 1. The number of anilines is 1. The summed E-state index contributed by atoms with van der Waals surface area (Å²) in [5, 5.41) is 23.8. The molecule has 27 heavy (non-hydrogen) atoms. The molecule has 0 spiro atoms. The van der Waals surface area contributed by atoms with Gasteiger partial charge in [-0.2, -0.15) is 10.2 Å². The first kappa shape index (κ1) is 19.1. The molecule has 8 heteroatoms. The highest BCUT2D eigenvalue weighted by Gasteiger charge is 2.23. The number of rotatable bonds is 5. The van der Waals surface area contributed by atoms with Crippen LogP contribution < -0.4 is 10.3 Å². The lowest BCUT2D eigenvalue weighted by molar-refractivity contribution is -0.118. The van der Waals surface area contributed by atoms with E-state index < -0.39 is 5.60 Å². The fourth-order valence-electron chi connectivity index (χ4n) is 2.57. The molecule has 2 aromatic rings. The first-order valence-corrected chi connectivity index (χ1v) is 8.91. The molecular formula is C19H22ClN5O2. The lowest BCUT2D eigenvalue weighted by Crippen LogP contribution is -2.41. The Hall–Kier alpha value is -2.64. The van der Waals surface area contributed by atoms with Gasteiger partial charge in [-0.25, -0.2) is 0 Å². The fourth-order valence-corrected chi connectivity index (χ4v) is 2.69. The van der Waals surface area contributed by atoms with E-state index in [2.05, 4.69) is 15.5 Å². The second-order valence-electron chi connectivity index (χ2n) is 7.09. The van der Waals surface area contributed by atoms with Crippen LogP contribution in [-0.4, -0.2) is 45.2 Å². The van der Waals surface area contributed by atoms with Crippen LogP contribution in [0.25, 0.3) is 0 Å². The quantitative estimate of drug-likeness (QED) is 0.823. The molecule has 142 valence electrons. The maximum absolute atomic E-state index is 12.6. The largest absolute Gasteiger partial charge is 0.389 e. The standard InChI is InChI=1S/C19H22ClN5O2/c1-19(2,27)12-21-18(26)14-8-17(13-4-6-15(20)7-5-13)23-25(10-14)16-9-22-24(3)11-16/h4-9,11,27H,10,12H2,1-3H3,(H,21,26). The van der Waals surface area contributed by atoms with Crippen LogP contribution in [0.2, 0.25) is 5.02 Å². The van der Waals surface area contributed by atoms with Crippen molar-refractivity contribution in [2.24, 2.45) is 12.1 Å². The zero-order chi connectivity index (χ0) is 19.6. The lowest BCUT2D eigenvalue weighted by Gasteiger charge is -2.25. The molecule has 7 nitrogen and oxygen atoms in total. The third-order valence-electron chi connectivity index (χ3n) is 3.96. The van der Waals surface area contributed by atoms with Gasteiger partial charge < -0.3 is 10.4 Å². The summed E-state index contributed by atoms with van der Waals surface area (Å²) < 4.78 is 1.68. The Labute approximate surface area is 162 Å². The number of aromatic nitrogens is 2. The van der Waals surface area contributed by atoms with E-state index in [1.807, 2.05) is 25.4 Å². The van der Waals surface area contributed by atoms with Crippen LogP contribution in [-0.2, 0) is 11.8 Å². The van der Waals surface area contributed by atoms with Gasteiger partial charge in [0.25, 0.3) is 0 Å². The minimum atomic E-state index is -0.985.